The first-order valence-electron chi connectivity index (χ1n) is 5.99. The van der Waals surface area contributed by atoms with Gasteiger partial charge in [-0.3, -0.25) is 0 Å². The largest absolute Gasteiger partial charge is 0.340 e. The molecule has 2 heterocycles. The summed E-state index contributed by atoms with van der Waals surface area (Å²) in [5.74, 6) is 0.894. The third-order valence-corrected chi connectivity index (χ3v) is 4.47. The van der Waals surface area contributed by atoms with E-state index in [9.17, 15) is 0 Å². The summed E-state index contributed by atoms with van der Waals surface area (Å²) in [6.45, 7) is 6.31. The van der Waals surface area contributed by atoms with E-state index >= 15 is 0 Å². The van der Waals surface area contributed by atoms with Crippen LogP contribution in [0.3, 0.4) is 0 Å². The number of nitrogens with zero attached hydrogens (tertiary/aromatic N) is 1. The molecule has 0 saturated heterocycles. The molecule has 3 N–H and O–H groups in total. The van der Waals surface area contributed by atoms with Crippen LogP contribution in [0.1, 0.15) is 38.1 Å². The standard InChI is InChI=1S/C13H19N3S/c1-4-13(14,5-2)12-15-8-10(16-12)11-9(3)6-7-17-11/h6-8H,4-5,14H2,1-3H3,(H,15,16). The lowest BCUT2D eigenvalue weighted by molar-refractivity contribution is 0.391. The lowest BCUT2D eigenvalue weighted by Crippen LogP contribution is -2.36. The second-order valence-corrected chi connectivity index (χ2v) is 5.36. The fourth-order valence-electron chi connectivity index (χ4n) is 1.92. The van der Waals surface area contributed by atoms with Gasteiger partial charge in [0, 0.05) is 0 Å². The van der Waals surface area contributed by atoms with Gasteiger partial charge >= 0.3 is 0 Å². The predicted molar refractivity (Wildman–Crippen MR) is 73.1 cm³/mol. The Morgan fingerprint density at radius 2 is 2.12 bits per heavy atom. The number of H-pyrrole nitrogens is 1. The Labute approximate surface area is 106 Å². The van der Waals surface area contributed by atoms with E-state index in [1.54, 1.807) is 11.3 Å². The Hall–Kier alpha value is -1.13. The van der Waals surface area contributed by atoms with E-state index in [2.05, 4.69) is 42.2 Å². The number of aromatic amines is 1. The van der Waals surface area contributed by atoms with Crippen LogP contribution in [-0.2, 0) is 5.54 Å². The monoisotopic (exact) mass is 249 g/mol. The minimum Gasteiger partial charge on any atom is -0.340 e. The number of nitrogens with two attached hydrogens (primary N) is 1. The molecule has 0 aliphatic heterocycles. The maximum atomic E-state index is 6.33. The number of nitrogens with one attached hydrogen (secondary N) is 1. The zero-order chi connectivity index (χ0) is 12.5. The van der Waals surface area contributed by atoms with Crippen LogP contribution in [0.5, 0.6) is 0 Å². The summed E-state index contributed by atoms with van der Waals surface area (Å²) in [6.07, 6.45) is 3.67. The maximum absolute atomic E-state index is 6.33. The Kier molecular flexibility index (Phi) is 3.35. The molecule has 2 aromatic heterocycles. The first kappa shape index (κ1) is 12.3. The van der Waals surface area contributed by atoms with E-state index in [0.717, 1.165) is 24.4 Å². The zero-order valence-corrected chi connectivity index (χ0v) is 11.4. The fraction of sp³-hybridized carbons (Fsp3) is 0.462. The van der Waals surface area contributed by atoms with E-state index in [1.165, 1.54) is 10.4 Å². The number of aromatic nitrogens is 2. The van der Waals surface area contributed by atoms with Gasteiger partial charge in [-0.2, -0.15) is 0 Å². The molecule has 0 fully saturated rings. The number of imidazole rings is 1. The van der Waals surface area contributed by atoms with Crippen molar-refractivity contribution in [2.75, 3.05) is 0 Å². The molecule has 0 aromatic carbocycles. The summed E-state index contributed by atoms with van der Waals surface area (Å²) in [5.41, 5.74) is 8.35. The van der Waals surface area contributed by atoms with Crippen molar-refractivity contribution in [3.63, 3.8) is 0 Å². The number of hydrogen-bond donors (Lipinski definition) is 2. The van der Waals surface area contributed by atoms with Crippen LogP contribution in [0, 0.1) is 6.92 Å². The minimum absolute atomic E-state index is 0.330. The second-order valence-electron chi connectivity index (χ2n) is 4.44. The first-order valence-corrected chi connectivity index (χ1v) is 6.87. The summed E-state index contributed by atoms with van der Waals surface area (Å²) >= 11 is 1.73. The van der Waals surface area contributed by atoms with Crippen molar-refractivity contribution in [2.45, 2.75) is 39.2 Å². The van der Waals surface area contributed by atoms with Crippen molar-refractivity contribution in [1.82, 2.24) is 9.97 Å². The molecule has 0 unspecified atom stereocenters. The van der Waals surface area contributed by atoms with Gasteiger partial charge in [-0.15, -0.1) is 11.3 Å². The van der Waals surface area contributed by atoms with Crippen LogP contribution < -0.4 is 5.73 Å². The second kappa shape index (κ2) is 4.63. The first-order chi connectivity index (χ1) is 8.10. The smallest absolute Gasteiger partial charge is 0.126 e. The predicted octanol–water partition coefficient (Wildman–Crippen LogP) is 3.42. The molecule has 0 spiro atoms. The molecule has 0 aliphatic carbocycles. The highest BCUT2D eigenvalue weighted by atomic mass is 32.1. The molecular weight excluding hydrogens is 230 g/mol. The minimum atomic E-state index is -0.330. The summed E-state index contributed by atoms with van der Waals surface area (Å²) in [5, 5.41) is 2.10. The van der Waals surface area contributed by atoms with Crippen molar-refractivity contribution in [2.24, 2.45) is 5.73 Å². The van der Waals surface area contributed by atoms with Crippen LogP contribution in [-0.4, -0.2) is 9.97 Å². The van der Waals surface area contributed by atoms with E-state index in [4.69, 9.17) is 5.73 Å². The Balaban J connectivity index is 2.37. The molecule has 0 saturated carbocycles. The molecule has 0 radical (unpaired) electrons. The van der Waals surface area contributed by atoms with Gasteiger partial charge in [-0.1, -0.05) is 13.8 Å². The summed E-state index contributed by atoms with van der Waals surface area (Å²) < 4.78 is 0. The van der Waals surface area contributed by atoms with Crippen molar-refractivity contribution < 1.29 is 0 Å². The molecule has 2 aromatic rings. The molecule has 0 amide bonds. The molecular formula is C13H19N3S. The SMILES string of the molecule is CCC(N)(CC)c1ncc(-c2sccc2C)[nH]1. The average Bonchev–Trinajstić information content (AvgIpc) is 2.96. The molecule has 4 heteroatoms. The van der Waals surface area contributed by atoms with E-state index in [0.29, 0.717) is 0 Å². The van der Waals surface area contributed by atoms with Crippen LogP contribution in [0.15, 0.2) is 17.6 Å². The number of aryl methyl sites for hydroxylation is 1. The van der Waals surface area contributed by atoms with E-state index in [-0.39, 0.29) is 5.54 Å². The highest BCUT2D eigenvalue weighted by molar-refractivity contribution is 7.13. The topological polar surface area (TPSA) is 54.7 Å². The van der Waals surface area contributed by atoms with Crippen molar-refractivity contribution in [3.8, 4) is 10.6 Å². The highest BCUT2D eigenvalue weighted by Crippen LogP contribution is 2.30. The van der Waals surface area contributed by atoms with Gasteiger partial charge < -0.3 is 10.7 Å². The van der Waals surface area contributed by atoms with Gasteiger partial charge in [0.25, 0.3) is 0 Å². The summed E-state index contributed by atoms with van der Waals surface area (Å²) in [7, 11) is 0. The van der Waals surface area contributed by atoms with Gasteiger partial charge in [0.15, 0.2) is 0 Å². The molecule has 0 aliphatic rings. The van der Waals surface area contributed by atoms with Crippen molar-refractivity contribution >= 4 is 11.3 Å². The third-order valence-electron chi connectivity index (χ3n) is 3.42. The summed E-state index contributed by atoms with van der Waals surface area (Å²) in [4.78, 5) is 9.07. The van der Waals surface area contributed by atoms with Gasteiger partial charge in [-0.25, -0.2) is 4.98 Å². The lowest BCUT2D eigenvalue weighted by atomic mass is 9.93. The van der Waals surface area contributed by atoms with E-state index in [1.807, 2.05) is 6.20 Å². The van der Waals surface area contributed by atoms with Gasteiger partial charge in [-0.05, 0) is 36.8 Å². The number of thiophene rings is 1. The molecule has 3 nitrogen and oxygen atoms in total. The number of rotatable bonds is 4. The van der Waals surface area contributed by atoms with Crippen LogP contribution in [0.25, 0.3) is 10.6 Å². The van der Waals surface area contributed by atoms with Crippen LogP contribution in [0.2, 0.25) is 0 Å². The molecule has 17 heavy (non-hydrogen) atoms. The van der Waals surface area contributed by atoms with E-state index < -0.39 is 0 Å². The highest BCUT2D eigenvalue weighted by Gasteiger charge is 2.26. The molecule has 0 bridgehead atoms. The van der Waals surface area contributed by atoms with Crippen molar-refractivity contribution in [3.05, 3.63) is 29.0 Å². The van der Waals surface area contributed by atoms with Crippen LogP contribution >= 0.6 is 11.3 Å². The lowest BCUT2D eigenvalue weighted by Gasteiger charge is -2.23. The third kappa shape index (κ3) is 2.15. The number of hydrogen-bond acceptors (Lipinski definition) is 3. The maximum Gasteiger partial charge on any atom is 0.126 e. The summed E-state index contributed by atoms with van der Waals surface area (Å²) in [6, 6.07) is 2.12. The fourth-order valence-corrected chi connectivity index (χ4v) is 2.82. The Morgan fingerprint density at radius 3 is 2.65 bits per heavy atom. The van der Waals surface area contributed by atoms with Gasteiger partial charge in [0.2, 0.25) is 0 Å². The molecule has 92 valence electrons. The Morgan fingerprint density at radius 1 is 1.41 bits per heavy atom. The average molecular weight is 249 g/mol. The zero-order valence-electron chi connectivity index (χ0n) is 10.6. The van der Waals surface area contributed by atoms with Crippen molar-refractivity contribution in [1.29, 1.82) is 0 Å². The van der Waals surface area contributed by atoms with Crippen LogP contribution in [0.4, 0.5) is 0 Å². The Bertz CT molecular complexity index is 494. The normalized spacial score (nSPS) is 12.0. The molecule has 0 atom stereocenters. The van der Waals surface area contributed by atoms with Gasteiger partial charge in [0.1, 0.15) is 5.82 Å². The molecule has 2 rings (SSSR count). The quantitative estimate of drug-likeness (QED) is 0.872. The van der Waals surface area contributed by atoms with Gasteiger partial charge in [0.05, 0.1) is 22.3 Å².